The molecule has 2 aliphatic rings. The van der Waals surface area contributed by atoms with Crippen LogP contribution in [-0.2, 0) is 0 Å². The van der Waals surface area contributed by atoms with E-state index in [0.717, 1.165) is 23.9 Å². The van der Waals surface area contributed by atoms with Gasteiger partial charge in [0.1, 0.15) is 0 Å². The van der Waals surface area contributed by atoms with Crippen LogP contribution in [0.25, 0.3) is 0 Å². The minimum absolute atomic E-state index is 0.540. The summed E-state index contributed by atoms with van der Waals surface area (Å²) >= 11 is 0. The Labute approximate surface area is 126 Å². The van der Waals surface area contributed by atoms with Gasteiger partial charge in [0, 0.05) is 18.6 Å². The van der Waals surface area contributed by atoms with Crippen molar-refractivity contribution in [3.63, 3.8) is 0 Å². The zero-order valence-corrected chi connectivity index (χ0v) is 14.4. The highest BCUT2D eigenvalue weighted by molar-refractivity contribution is 4.92. The van der Waals surface area contributed by atoms with Crippen molar-refractivity contribution in [1.29, 1.82) is 0 Å². The van der Waals surface area contributed by atoms with Gasteiger partial charge in [-0.05, 0) is 76.3 Å². The minimum Gasteiger partial charge on any atom is -0.314 e. The topological polar surface area (TPSA) is 15.3 Å². The van der Waals surface area contributed by atoms with E-state index in [1.54, 1.807) is 0 Å². The maximum absolute atomic E-state index is 3.82. The molecule has 0 amide bonds. The van der Waals surface area contributed by atoms with E-state index in [1.807, 2.05) is 0 Å². The van der Waals surface area contributed by atoms with Crippen LogP contribution < -0.4 is 5.32 Å². The Kier molecular flexibility index (Phi) is 5.53. The molecule has 3 unspecified atom stereocenters. The minimum atomic E-state index is 0.540. The summed E-state index contributed by atoms with van der Waals surface area (Å²) < 4.78 is 0. The summed E-state index contributed by atoms with van der Waals surface area (Å²) in [6.45, 7) is 12.1. The molecule has 0 heterocycles. The predicted molar refractivity (Wildman–Crippen MR) is 88.0 cm³/mol. The quantitative estimate of drug-likeness (QED) is 0.760. The van der Waals surface area contributed by atoms with Crippen molar-refractivity contribution >= 4 is 0 Å². The second-order valence-electron chi connectivity index (χ2n) is 8.25. The molecule has 0 radical (unpaired) electrons. The summed E-state index contributed by atoms with van der Waals surface area (Å²) in [6, 6.07) is 1.53. The van der Waals surface area contributed by atoms with E-state index in [0.29, 0.717) is 5.41 Å². The third kappa shape index (κ3) is 4.46. The van der Waals surface area contributed by atoms with Gasteiger partial charge in [0.2, 0.25) is 0 Å². The smallest absolute Gasteiger partial charge is 0.0108 e. The van der Waals surface area contributed by atoms with Crippen molar-refractivity contribution < 1.29 is 0 Å². The highest BCUT2D eigenvalue weighted by Crippen LogP contribution is 2.40. The van der Waals surface area contributed by atoms with Crippen LogP contribution >= 0.6 is 0 Å². The molecule has 0 aromatic heterocycles. The number of hydrogen-bond donors (Lipinski definition) is 1. The zero-order chi connectivity index (χ0) is 14.8. The first kappa shape index (κ1) is 16.3. The fourth-order valence-corrected chi connectivity index (χ4v) is 4.00. The number of hydrogen-bond acceptors (Lipinski definition) is 2. The highest BCUT2D eigenvalue weighted by atomic mass is 15.1. The lowest BCUT2D eigenvalue weighted by Gasteiger charge is -2.43. The predicted octanol–water partition coefficient (Wildman–Crippen LogP) is 3.91. The van der Waals surface area contributed by atoms with E-state index >= 15 is 0 Å². The Balaban J connectivity index is 1.91. The first-order chi connectivity index (χ1) is 9.43. The number of nitrogens with zero attached hydrogens (tertiary/aromatic N) is 1. The summed E-state index contributed by atoms with van der Waals surface area (Å²) in [5, 5.41) is 3.82. The van der Waals surface area contributed by atoms with Crippen molar-refractivity contribution in [2.24, 2.45) is 17.3 Å². The van der Waals surface area contributed by atoms with Crippen LogP contribution in [0.3, 0.4) is 0 Å². The molecule has 118 valence electrons. The van der Waals surface area contributed by atoms with E-state index in [-0.39, 0.29) is 0 Å². The molecule has 0 aromatic rings. The molecule has 0 spiro atoms. The molecule has 2 heteroatoms. The van der Waals surface area contributed by atoms with Gasteiger partial charge in [-0.1, -0.05) is 20.8 Å². The summed E-state index contributed by atoms with van der Waals surface area (Å²) in [7, 11) is 2.35. The van der Waals surface area contributed by atoms with Crippen molar-refractivity contribution in [2.75, 3.05) is 20.1 Å². The van der Waals surface area contributed by atoms with Crippen LogP contribution in [0.1, 0.15) is 66.2 Å². The average Bonchev–Trinajstić information content (AvgIpc) is 3.20. The van der Waals surface area contributed by atoms with Gasteiger partial charge in [-0.2, -0.15) is 0 Å². The molecule has 0 bridgehead atoms. The molecule has 2 nitrogen and oxygen atoms in total. The molecule has 1 N–H and O–H groups in total. The number of nitrogens with one attached hydrogen (secondary N) is 1. The van der Waals surface area contributed by atoms with Crippen LogP contribution in [0.4, 0.5) is 0 Å². The molecular formula is C18H36N2. The summed E-state index contributed by atoms with van der Waals surface area (Å²) in [6.07, 6.45) is 8.30. The van der Waals surface area contributed by atoms with Crippen LogP contribution in [0.15, 0.2) is 0 Å². The van der Waals surface area contributed by atoms with E-state index in [4.69, 9.17) is 0 Å². The van der Waals surface area contributed by atoms with Crippen LogP contribution in [0.2, 0.25) is 0 Å². The average molecular weight is 281 g/mol. The Bertz CT molecular complexity index is 296. The molecule has 0 aromatic carbocycles. The first-order valence-corrected chi connectivity index (χ1v) is 8.86. The van der Waals surface area contributed by atoms with Crippen molar-refractivity contribution in [3.8, 4) is 0 Å². The highest BCUT2D eigenvalue weighted by Gasteiger charge is 2.37. The summed E-state index contributed by atoms with van der Waals surface area (Å²) in [5.41, 5.74) is 0.540. The molecule has 3 atom stereocenters. The van der Waals surface area contributed by atoms with Crippen molar-refractivity contribution in [1.82, 2.24) is 10.2 Å². The van der Waals surface area contributed by atoms with Crippen LogP contribution in [0.5, 0.6) is 0 Å². The third-order valence-corrected chi connectivity index (χ3v) is 5.69. The van der Waals surface area contributed by atoms with Crippen LogP contribution in [-0.4, -0.2) is 37.1 Å². The normalized spacial score (nSPS) is 31.5. The van der Waals surface area contributed by atoms with Gasteiger partial charge >= 0.3 is 0 Å². The van der Waals surface area contributed by atoms with Gasteiger partial charge in [0.25, 0.3) is 0 Å². The van der Waals surface area contributed by atoms with E-state index < -0.39 is 0 Å². The Morgan fingerprint density at radius 1 is 1.25 bits per heavy atom. The SMILES string of the molecule is CCCNC1CCC(C)(C)CC1CN(C)C(C)C1CC1. The second-order valence-corrected chi connectivity index (χ2v) is 8.25. The monoisotopic (exact) mass is 280 g/mol. The molecule has 2 saturated carbocycles. The summed E-state index contributed by atoms with van der Waals surface area (Å²) in [4.78, 5) is 2.64. The largest absolute Gasteiger partial charge is 0.314 e. The van der Waals surface area contributed by atoms with Crippen molar-refractivity contribution in [3.05, 3.63) is 0 Å². The lowest BCUT2D eigenvalue weighted by molar-refractivity contribution is 0.0927. The Hall–Kier alpha value is -0.0800. The Morgan fingerprint density at radius 2 is 1.95 bits per heavy atom. The molecule has 2 aliphatic carbocycles. The van der Waals surface area contributed by atoms with Gasteiger partial charge in [-0.3, -0.25) is 0 Å². The fraction of sp³-hybridized carbons (Fsp3) is 1.00. The standard InChI is InChI=1S/C18H36N2/c1-6-11-19-17-9-10-18(3,4)12-16(17)13-20(5)14(2)15-7-8-15/h14-17,19H,6-13H2,1-5H3. The lowest BCUT2D eigenvalue weighted by atomic mass is 9.69. The van der Waals surface area contributed by atoms with Gasteiger partial charge in [-0.15, -0.1) is 0 Å². The van der Waals surface area contributed by atoms with Gasteiger partial charge < -0.3 is 10.2 Å². The number of rotatable bonds is 7. The van der Waals surface area contributed by atoms with E-state index in [9.17, 15) is 0 Å². The van der Waals surface area contributed by atoms with Gasteiger partial charge in [0.05, 0.1) is 0 Å². The molecule has 0 aliphatic heterocycles. The second kappa shape index (κ2) is 6.79. The maximum Gasteiger partial charge on any atom is 0.0108 e. The molecular weight excluding hydrogens is 244 g/mol. The Morgan fingerprint density at radius 3 is 2.55 bits per heavy atom. The molecule has 0 saturated heterocycles. The maximum atomic E-state index is 3.82. The van der Waals surface area contributed by atoms with Gasteiger partial charge in [-0.25, -0.2) is 0 Å². The van der Waals surface area contributed by atoms with E-state index in [1.165, 1.54) is 51.6 Å². The fourth-order valence-electron chi connectivity index (χ4n) is 4.00. The van der Waals surface area contributed by atoms with Crippen LogP contribution in [0, 0.1) is 17.3 Å². The van der Waals surface area contributed by atoms with Crippen molar-refractivity contribution in [2.45, 2.75) is 78.3 Å². The zero-order valence-electron chi connectivity index (χ0n) is 14.4. The van der Waals surface area contributed by atoms with E-state index in [2.05, 4.69) is 45.0 Å². The lowest BCUT2D eigenvalue weighted by Crippen LogP contribution is -2.48. The molecule has 2 fully saturated rings. The van der Waals surface area contributed by atoms with Gasteiger partial charge in [0.15, 0.2) is 0 Å². The molecule has 2 rings (SSSR count). The molecule has 20 heavy (non-hydrogen) atoms. The first-order valence-electron chi connectivity index (χ1n) is 8.86. The summed E-state index contributed by atoms with van der Waals surface area (Å²) in [5.74, 6) is 1.81. The third-order valence-electron chi connectivity index (χ3n) is 5.69.